The van der Waals surface area contributed by atoms with Gasteiger partial charge in [0.05, 0.1) is 6.61 Å². The zero-order valence-corrected chi connectivity index (χ0v) is 8.16. The Hall–Kier alpha value is -0.860. The van der Waals surface area contributed by atoms with Crippen LogP contribution in [0.4, 0.5) is 0 Å². The Morgan fingerprint density at radius 1 is 1.31 bits per heavy atom. The van der Waals surface area contributed by atoms with E-state index in [0.717, 1.165) is 11.5 Å². The van der Waals surface area contributed by atoms with Crippen LogP contribution in [0.5, 0.6) is 0 Å². The van der Waals surface area contributed by atoms with Crippen molar-refractivity contribution >= 4 is 0 Å². The van der Waals surface area contributed by atoms with Gasteiger partial charge in [-0.25, -0.2) is 0 Å². The average Bonchev–Trinajstić information content (AvgIpc) is 2.15. The van der Waals surface area contributed by atoms with E-state index in [0.29, 0.717) is 6.61 Å². The minimum absolute atomic E-state index is 0.250. The molecule has 0 aliphatic rings. The quantitative estimate of drug-likeness (QED) is 0.717. The zero-order chi connectivity index (χ0) is 9.68. The van der Waals surface area contributed by atoms with Gasteiger partial charge >= 0.3 is 0 Å². The van der Waals surface area contributed by atoms with E-state index >= 15 is 0 Å². The van der Waals surface area contributed by atoms with Crippen molar-refractivity contribution in [1.29, 1.82) is 0 Å². The second kappa shape index (κ2) is 5.00. The van der Waals surface area contributed by atoms with E-state index < -0.39 is 0 Å². The Kier molecular flexibility index (Phi) is 3.93. The normalized spacial score (nSPS) is 13.2. The first-order chi connectivity index (χ1) is 6.20. The van der Waals surface area contributed by atoms with Gasteiger partial charge in [-0.05, 0) is 5.56 Å². The number of nitrogens with two attached hydrogens (primary N) is 1. The smallest absolute Gasteiger partial charge is 0.111 e. The molecule has 2 N–H and O–H groups in total. The zero-order valence-electron chi connectivity index (χ0n) is 8.16. The summed E-state index contributed by atoms with van der Waals surface area (Å²) in [7, 11) is 0. The highest BCUT2D eigenvalue weighted by Crippen LogP contribution is 2.07. The van der Waals surface area contributed by atoms with Gasteiger partial charge in [0, 0.05) is 5.92 Å². The van der Waals surface area contributed by atoms with Crippen LogP contribution in [0.3, 0.4) is 0 Å². The molecule has 0 aliphatic carbocycles. The number of ether oxygens (including phenoxy) is 1. The van der Waals surface area contributed by atoms with Crippen molar-refractivity contribution < 1.29 is 4.74 Å². The SMILES string of the molecule is C[C](C)C(N)OCc1ccccc1. The van der Waals surface area contributed by atoms with Gasteiger partial charge in [0.15, 0.2) is 0 Å². The molecule has 0 fully saturated rings. The van der Waals surface area contributed by atoms with Crippen LogP contribution in [0.15, 0.2) is 30.3 Å². The number of hydrogen-bond donors (Lipinski definition) is 1. The molecule has 0 aromatic heterocycles. The summed E-state index contributed by atoms with van der Waals surface area (Å²) in [6.45, 7) is 4.51. The minimum Gasteiger partial charge on any atom is -0.358 e. The third-order valence-corrected chi connectivity index (χ3v) is 1.84. The molecule has 1 radical (unpaired) electrons. The highest BCUT2D eigenvalue weighted by molar-refractivity contribution is 5.13. The molecule has 1 aromatic rings. The number of hydrogen-bond acceptors (Lipinski definition) is 2. The van der Waals surface area contributed by atoms with E-state index in [9.17, 15) is 0 Å². The molecule has 2 nitrogen and oxygen atoms in total. The Balaban J connectivity index is 2.35. The van der Waals surface area contributed by atoms with Crippen molar-refractivity contribution in [2.75, 3.05) is 0 Å². The summed E-state index contributed by atoms with van der Waals surface area (Å²) in [6.07, 6.45) is -0.250. The van der Waals surface area contributed by atoms with Crippen LogP contribution in [-0.4, -0.2) is 6.23 Å². The first-order valence-electron chi connectivity index (χ1n) is 4.41. The average molecular weight is 178 g/mol. The van der Waals surface area contributed by atoms with Gasteiger partial charge in [0.1, 0.15) is 6.23 Å². The van der Waals surface area contributed by atoms with E-state index in [1.807, 2.05) is 44.2 Å². The van der Waals surface area contributed by atoms with E-state index in [1.54, 1.807) is 0 Å². The summed E-state index contributed by atoms with van der Waals surface area (Å²) < 4.78 is 5.43. The highest BCUT2D eigenvalue weighted by atomic mass is 16.5. The predicted molar refractivity (Wildman–Crippen MR) is 53.8 cm³/mol. The first-order valence-corrected chi connectivity index (χ1v) is 4.41. The van der Waals surface area contributed by atoms with Crippen LogP contribution in [-0.2, 0) is 11.3 Å². The molecule has 1 aromatic carbocycles. The monoisotopic (exact) mass is 178 g/mol. The summed E-state index contributed by atoms with van der Waals surface area (Å²) in [6, 6.07) is 10.0. The Morgan fingerprint density at radius 2 is 1.92 bits per heavy atom. The molecule has 0 heterocycles. The van der Waals surface area contributed by atoms with Crippen molar-refractivity contribution in [2.45, 2.75) is 26.7 Å². The van der Waals surface area contributed by atoms with E-state index in [-0.39, 0.29) is 6.23 Å². The van der Waals surface area contributed by atoms with Gasteiger partial charge in [-0.1, -0.05) is 44.2 Å². The summed E-state index contributed by atoms with van der Waals surface area (Å²) in [5, 5.41) is 0. The lowest BCUT2D eigenvalue weighted by molar-refractivity contribution is 0.0552. The maximum atomic E-state index is 5.71. The largest absolute Gasteiger partial charge is 0.358 e. The molecule has 1 atom stereocenters. The molecule has 2 heteroatoms. The van der Waals surface area contributed by atoms with E-state index in [4.69, 9.17) is 10.5 Å². The fourth-order valence-corrected chi connectivity index (χ4v) is 0.927. The molecule has 13 heavy (non-hydrogen) atoms. The predicted octanol–water partition coefficient (Wildman–Crippen LogP) is 2.10. The molecule has 0 bridgehead atoms. The Bertz CT molecular complexity index is 233. The summed E-state index contributed by atoms with van der Waals surface area (Å²) in [4.78, 5) is 0. The van der Waals surface area contributed by atoms with Crippen LogP contribution >= 0.6 is 0 Å². The fraction of sp³-hybridized carbons (Fsp3) is 0.364. The second-order valence-corrected chi connectivity index (χ2v) is 3.29. The summed E-state index contributed by atoms with van der Waals surface area (Å²) in [5.74, 6) is 1.09. The first kappa shape index (κ1) is 10.2. The van der Waals surface area contributed by atoms with Crippen molar-refractivity contribution in [1.82, 2.24) is 0 Å². The van der Waals surface area contributed by atoms with Gasteiger partial charge in [-0.15, -0.1) is 0 Å². The Morgan fingerprint density at radius 3 is 2.46 bits per heavy atom. The molecule has 0 spiro atoms. The Labute approximate surface area is 79.7 Å². The van der Waals surface area contributed by atoms with Crippen molar-refractivity contribution in [3.63, 3.8) is 0 Å². The number of benzene rings is 1. The van der Waals surface area contributed by atoms with Gasteiger partial charge in [0.25, 0.3) is 0 Å². The van der Waals surface area contributed by atoms with Gasteiger partial charge in [-0.3, -0.25) is 0 Å². The van der Waals surface area contributed by atoms with Gasteiger partial charge in [-0.2, -0.15) is 0 Å². The van der Waals surface area contributed by atoms with Crippen molar-refractivity contribution in [2.24, 2.45) is 5.73 Å². The summed E-state index contributed by atoms with van der Waals surface area (Å²) >= 11 is 0. The van der Waals surface area contributed by atoms with Crippen LogP contribution in [0.2, 0.25) is 0 Å². The van der Waals surface area contributed by atoms with Crippen LogP contribution in [0.25, 0.3) is 0 Å². The molecule has 0 amide bonds. The van der Waals surface area contributed by atoms with Gasteiger partial charge in [0.2, 0.25) is 0 Å². The standard InChI is InChI=1S/C11H16NO/c1-9(2)11(12)13-8-10-6-4-3-5-7-10/h3-7,11H,8,12H2,1-2H3. The summed E-state index contributed by atoms with van der Waals surface area (Å²) in [5.41, 5.74) is 6.86. The molecular formula is C11H16NO. The lowest BCUT2D eigenvalue weighted by atomic mass is 10.2. The lowest BCUT2D eigenvalue weighted by Gasteiger charge is -2.15. The van der Waals surface area contributed by atoms with Crippen LogP contribution < -0.4 is 5.73 Å². The molecular weight excluding hydrogens is 162 g/mol. The second-order valence-electron chi connectivity index (χ2n) is 3.29. The number of rotatable bonds is 4. The topological polar surface area (TPSA) is 35.2 Å². The lowest BCUT2D eigenvalue weighted by Crippen LogP contribution is -2.28. The van der Waals surface area contributed by atoms with Crippen molar-refractivity contribution in [3.05, 3.63) is 41.8 Å². The van der Waals surface area contributed by atoms with Gasteiger partial charge < -0.3 is 10.5 Å². The van der Waals surface area contributed by atoms with Crippen molar-refractivity contribution in [3.8, 4) is 0 Å². The van der Waals surface area contributed by atoms with E-state index in [2.05, 4.69) is 0 Å². The van der Waals surface area contributed by atoms with Crippen LogP contribution in [0, 0.1) is 5.92 Å². The fourth-order valence-electron chi connectivity index (χ4n) is 0.927. The maximum absolute atomic E-state index is 5.71. The molecule has 0 saturated carbocycles. The molecule has 71 valence electrons. The molecule has 1 unspecified atom stereocenters. The molecule has 0 aliphatic heterocycles. The molecule has 1 rings (SSSR count). The third-order valence-electron chi connectivity index (χ3n) is 1.84. The maximum Gasteiger partial charge on any atom is 0.111 e. The highest BCUT2D eigenvalue weighted by Gasteiger charge is 2.07. The van der Waals surface area contributed by atoms with Crippen LogP contribution in [0.1, 0.15) is 19.4 Å². The minimum atomic E-state index is -0.250. The van der Waals surface area contributed by atoms with E-state index in [1.165, 1.54) is 0 Å². The third kappa shape index (κ3) is 3.57. The molecule has 0 saturated heterocycles.